The average molecular weight is 347 g/mol. The zero-order valence-corrected chi connectivity index (χ0v) is 12.9. The molecule has 0 saturated carbocycles. The average Bonchev–Trinajstić information content (AvgIpc) is 2.46. The molecule has 1 nitrogen and oxygen atoms in total. The van der Waals surface area contributed by atoms with Crippen LogP contribution in [0.15, 0.2) is 53.4 Å². The fourth-order valence-corrected chi connectivity index (χ4v) is 2.65. The molecule has 0 saturated heterocycles. The van der Waals surface area contributed by atoms with E-state index >= 15 is 0 Å². The summed E-state index contributed by atoms with van der Waals surface area (Å²) in [5.74, 6) is -3.34. The minimum Gasteiger partial charge on any atom is -0.255 e. The van der Waals surface area contributed by atoms with E-state index in [4.69, 9.17) is 0 Å². The Balaban J connectivity index is 2.17. The van der Waals surface area contributed by atoms with Gasteiger partial charge in [-0.15, -0.1) is 0 Å². The molecule has 124 valence electrons. The van der Waals surface area contributed by atoms with Gasteiger partial charge in [-0.2, -0.15) is 13.2 Å². The molecule has 0 aliphatic carbocycles. The Morgan fingerprint density at radius 2 is 1.52 bits per heavy atom. The van der Waals surface area contributed by atoms with Crippen LogP contribution in [0.25, 0.3) is 0 Å². The summed E-state index contributed by atoms with van der Waals surface area (Å²) in [6.45, 7) is 0.980. The van der Waals surface area contributed by atoms with Crippen molar-refractivity contribution in [3.05, 3.63) is 65.2 Å². The topological polar surface area (TPSA) is 12.0 Å². The van der Waals surface area contributed by atoms with E-state index in [1.807, 2.05) is 30.3 Å². The lowest BCUT2D eigenvalue weighted by Gasteiger charge is -2.16. The predicted molar refractivity (Wildman–Crippen MR) is 80.2 cm³/mol. The Labute approximate surface area is 135 Å². The SMILES string of the molecule is CC(F)(F)c1cc(SNCc2ccccc2)cc(C(F)(F)F)c1. The monoisotopic (exact) mass is 347 g/mol. The highest BCUT2D eigenvalue weighted by Gasteiger charge is 2.34. The van der Waals surface area contributed by atoms with Crippen molar-refractivity contribution < 1.29 is 22.0 Å². The van der Waals surface area contributed by atoms with Crippen LogP contribution in [-0.4, -0.2) is 0 Å². The van der Waals surface area contributed by atoms with Gasteiger partial charge in [0.25, 0.3) is 5.92 Å². The van der Waals surface area contributed by atoms with Crippen molar-refractivity contribution in [1.29, 1.82) is 0 Å². The quantitative estimate of drug-likeness (QED) is 0.557. The van der Waals surface area contributed by atoms with E-state index in [-0.39, 0.29) is 4.90 Å². The summed E-state index contributed by atoms with van der Waals surface area (Å²) < 4.78 is 68.2. The molecule has 0 amide bonds. The third-order valence-electron chi connectivity index (χ3n) is 3.05. The van der Waals surface area contributed by atoms with Crippen LogP contribution in [0.5, 0.6) is 0 Å². The largest absolute Gasteiger partial charge is 0.416 e. The molecule has 0 heterocycles. The lowest BCUT2D eigenvalue weighted by Crippen LogP contribution is -2.12. The van der Waals surface area contributed by atoms with Crippen molar-refractivity contribution in [2.24, 2.45) is 0 Å². The van der Waals surface area contributed by atoms with Crippen LogP contribution in [-0.2, 0) is 18.6 Å². The van der Waals surface area contributed by atoms with Crippen LogP contribution >= 0.6 is 11.9 Å². The Kier molecular flexibility index (Phi) is 5.31. The summed E-state index contributed by atoms with van der Waals surface area (Å²) in [4.78, 5) is 0.0901. The first kappa shape index (κ1) is 17.7. The van der Waals surface area contributed by atoms with Crippen LogP contribution in [0.3, 0.4) is 0 Å². The molecule has 7 heteroatoms. The number of alkyl halides is 5. The zero-order chi connectivity index (χ0) is 17.1. The van der Waals surface area contributed by atoms with Crippen LogP contribution in [0.4, 0.5) is 22.0 Å². The third kappa shape index (κ3) is 5.21. The summed E-state index contributed by atoms with van der Waals surface area (Å²) in [6, 6.07) is 11.6. The molecule has 0 unspecified atom stereocenters. The molecule has 23 heavy (non-hydrogen) atoms. The van der Waals surface area contributed by atoms with E-state index in [0.717, 1.165) is 29.6 Å². The lowest BCUT2D eigenvalue weighted by atomic mass is 10.1. The standard InChI is InChI=1S/C16H14F5NS/c1-15(17,18)12-7-13(16(19,20)21)9-14(8-12)23-22-10-11-5-3-2-4-6-11/h2-9,22H,10H2,1H3. The minimum atomic E-state index is -4.67. The maximum Gasteiger partial charge on any atom is 0.416 e. The normalized spacial score (nSPS) is 12.4. The van der Waals surface area contributed by atoms with Crippen LogP contribution in [0.1, 0.15) is 23.6 Å². The fraction of sp³-hybridized carbons (Fsp3) is 0.250. The minimum absolute atomic E-state index is 0.0901. The summed E-state index contributed by atoms with van der Waals surface area (Å²) in [6.07, 6.45) is -4.67. The molecule has 0 spiro atoms. The third-order valence-corrected chi connectivity index (χ3v) is 3.81. The first-order valence-electron chi connectivity index (χ1n) is 6.70. The van der Waals surface area contributed by atoms with Crippen LogP contribution in [0, 0.1) is 0 Å². The highest BCUT2D eigenvalue weighted by Crippen LogP contribution is 2.37. The van der Waals surface area contributed by atoms with Crippen molar-refractivity contribution in [1.82, 2.24) is 4.72 Å². The van der Waals surface area contributed by atoms with Crippen LogP contribution < -0.4 is 4.72 Å². The smallest absolute Gasteiger partial charge is 0.255 e. The molecule has 2 aromatic rings. The van der Waals surface area contributed by atoms with E-state index < -0.39 is 23.2 Å². The van der Waals surface area contributed by atoms with Gasteiger partial charge in [0.2, 0.25) is 0 Å². The molecule has 0 aromatic heterocycles. The molecule has 0 aliphatic heterocycles. The molecule has 0 fully saturated rings. The van der Waals surface area contributed by atoms with Crippen molar-refractivity contribution >= 4 is 11.9 Å². The van der Waals surface area contributed by atoms with E-state index in [9.17, 15) is 22.0 Å². The predicted octanol–water partition coefficient (Wildman–Crippen LogP) is 5.61. The van der Waals surface area contributed by atoms with Crippen LogP contribution in [0.2, 0.25) is 0 Å². The number of hydrogen-bond acceptors (Lipinski definition) is 2. The number of benzene rings is 2. The van der Waals surface area contributed by atoms with Crippen molar-refractivity contribution in [2.75, 3.05) is 0 Å². The number of rotatable bonds is 5. The molecule has 2 rings (SSSR count). The molecule has 2 aromatic carbocycles. The van der Waals surface area contributed by atoms with Gasteiger partial charge in [-0.1, -0.05) is 30.3 Å². The number of nitrogens with one attached hydrogen (secondary N) is 1. The number of halogens is 5. The number of hydrogen-bond donors (Lipinski definition) is 1. The van der Waals surface area contributed by atoms with E-state index in [1.165, 1.54) is 0 Å². The summed E-state index contributed by atoms with van der Waals surface area (Å²) >= 11 is 0.892. The van der Waals surface area contributed by atoms with Crippen molar-refractivity contribution in [2.45, 2.75) is 30.5 Å². The van der Waals surface area contributed by atoms with Gasteiger partial charge in [0.05, 0.1) is 5.56 Å². The highest BCUT2D eigenvalue weighted by molar-refractivity contribution is 7.97. The van der Waals surface area contributed by atoms with E-state index in [2.05, 4.69) is 4.72 Å². The Morgan fingerprint density at radius 3 is 2.09 bits per heavy atom. The maximum absolute atomic E-state index is 13.4. The lowest BCUT2D eigenvalue weighted by molar-refractivity contribution is -0.138. The Hall–Kier alpha value is -1.60. The Morgan fingerprint density at radius 1 is 0.913 bits per heavy atom. The molecule has 0 radical (unpaired) electrons. The van der Waals surface area contributed by atoms with Gasteiger partial charge in [-0.3, -0.25) is 4.72 Å². The van der Waals surface area contributed by atoms with Crippen molar-refractivity contribution in [3.63, 3.8) is 0 Å². The van der Waals surface area contributed by atoms with Gasteiger partial charge in [-0.25, -0.2) is 8.78 Å². The Bertz CT molecular complexity index is 618. The summed E-state index contributed by atoms with van der Waals surface area (Å²) in [5.41, 5.74) is -0.801. The second kappa shape index (κ2) is 6.88. The van der Waals surface area contributed by atoms with Gasteiger partial charge < -0.3 is 0 Å². The van der Waals surface area contributed by atoms with Gasteiger partial charge in [-0.05, 0) is 35.7 Å². The molecule has 1 N–H and O–H groups in total. The molecule has 0 atom stereocenters. The van der Waals surface area contributed by atoms with E-state index in [0.29, 0.717) is 19.5 Å². The van der Waals surface area contributed by atoms with Gasteiger partial charge in [0.15, 0.2) is 0 Å². The second-order valence-corrected chi connectivity index (χ2v) is 6.01. The molecule has 0 aliphatic rings. The molecular formula is C16H14F5NS. The zero-order valence-electron chi connectivity index (χ0n) is 12.1. The van der Waals surface area contributed by atoms with Crippen molar-refractivity contribution in [3.8, 4) is 0 Å². The second-order valence-electron chi connectivity index (χ2n) is 5.04. The fourth-order valence-electron chi connectivity index (χ4n) is 1.87. The summed E-state index contributed by atoms with van der Waals surface area (Å²) in [5, 5.41) is 0. The first-order chi connectivity index (χ1) is 10.7. The maximum atomic E-state index is 13.4. The van der Waals surface area contributed by atoms with E-state index in [1.54, 1.807) is 0 Å². The highest BCUT2D eigenvalue weighted by atomic mass is 32.2. The molecule has 0 bridgehead atoms. The van der Waals surface area contributed by atoms with Gasteiger partial charge in [0, 0.05) is 23.9 Å². The van der Waals surface area contributed by atoms with Gasteiger partial charge in [0.1, 0.15) is 0 Å². The summed E-state index contributed by atoms with van der Waals surface area (Å²) in [7, 11) is 0. The molecular weight excluding hydrogens is 333 g/mol. The van der Waals surface area contributed by atoms with Gasteiger partial charge >= 0.3 is 6.18 Å². The first-order valence-corrected chi connectivity index (χ1v) is 7.52.